The van der Waals surface area contributed by atoms with Crippen LogP contribution in [0, 0.1) is 17.8 Å². The first-order valence-electron chi connectivity index (χ1n) is 11.6. The van der Waals surface area contributed by atoms with Crippen molar-refractivity contribution in [2.75, 3.05) is 37.6 Å². The van der Waals surface area contributed by atoms with Crippen molar-refractivity contribution < 1.29 is 14.3 Å². The van der Waals surface area contributed by atoms with Crippen molar-refractivity contribution in [3.8, 4) is 0 Å². The van der Waals surface area contributed by atoms with Gasteiger partial charge >= 0.3 is 5.97 Å². The zero-order chi connectivity index (χ0) is 20.5. The predicted octanol–water partition coefficient (Wildman–Crippen LogP) is 3.25. The van der Waals surface area contributed by atoms with E-state index < -0.39 is 0 Å². The first-order valence-corrected chi connectivity index (χ1v) is 11.6. The first-order chi connectivity index (χ1) is 14.5. The highest BCUT2D eigenvalue weighted by atomic mass is 16.6. The van der Waals surface area contributed by atoms with Crippen LogP contribution in [0.25, 0.3) is 0 Å². The molecule has 1 saturated carbocycles. The third kappa shape index (κ3) is 2.64. The number of para-hydroxylation sites is 1. The van der Waals surface area contributed by atoms with Crippen LogP contribution in [0.2, 0.25) is 0 Å². The van der Waals surface area contributed by atoms with Crippen molar-refractivity contribution in [3.63, 3.8) is 0 Å². The van der Waals surface area contributed by atoms with Crippen molar-refractivity contribution in [1.82, 2.24) is 4.90 Å². The second-order valence-electron chi connectivity index (χ2n) is 10.2. The molecule has 30 heavy (non-hydrogen) atoms. The Labute approximate surface area is 179 Å². The van der Waals surface area contributed by atoms with Gasteiger partial charge in [-0.05, 0) is 45.2 Å². The summed E-state index contributed by atoms with van der Waals surface area (Å²) in [4.78, 5) is 17.9. The fourth-order valence-electron chi connectivity index (χ4n) is 6.90. The Kier molecular flexibility index (Phi) is 4.14. The van der Waals surface area contributed by atoms with Gasteiger partial charge in [0.05, 0.1) is 11.5 Å². The molecule has 1 aromatic carbocycles. The number of nitrogens with zero attached hydrogens (tertiary/aromatic N) is 2. The molecular weight excluding hydrogens is 376 g/mol. The van der Waals surface area contributed by atoms with E-state index in [2.05, 4.69) is 60.1 Å². The van der Waals surface area contributed by atoms with Gasteiger partial charge in [0.2, 0.25) is 0 Å². The summed E-state index contributed by atoms with van der Waals surface area (Å²) in [6.45, 7) is 9.34. The monoisotopic (exact) mass is 408 g/mol. The van der Waals surface area contributed by atoms with Crippen LogP contribution in [0.15, 0.2) is 42.0 Å². The molecule has 3 heterocycles. The highest BCUT2D eigenvalue weighted by molar-refractivity contribution is 5.76. The van der Waals surface area contributed by atoms with Gasteiger partial charge in [0.1, 0.15) is 11.7 Å². The third-order valence-electron chi connectivity index (χ3n) is 8.71. The van der Waals surface area contributed by atoms with Crippen LogP contribution >= 0.6 is 0 Å². The van der Waals surface area contributed by atoms with Crippen molar-refractivity contribution in [3.05, 3.63) is 42.0 Å². The molecule has 1 aromatic rings. The number of fused-ring (bicyclic) bond motifs is 2. The fraction of sp³-hybridized carbons (Fsp3) is 0.640. The molecule has 5 aliphatic rings. The van der Waals surface area contributed by atoms with E-state index in [-0.39, 0.29) is 35.1 Å². The Morgan fingerprint density at radius 2 is 1.90 bits per heavy atom. The zero-order valence-corrected chi connectivity index (χ0v) is 18.0. The van der Waals surface area contributed by atoms with Gasteiger partial charge in [0.25, 0.3) is 0 Å². The van der Waals surface area contributed by atoms with Crippen LogP contribution in [-0.2, 0) is 14.3 Å². The molecule has 4 fully saturated rings. The maximum absolute atomic E-state index is 13.0. The molecule has 3 aliphatic heterocycles. The molecule has 1 unspecified atom stereocenters. The third-order valence-corrected chi connectivity index (χ3v) is 8.71. The molecule has 6 rings (SSSR count). The zero-order valence-electron chi connectivity index (χ0n) is 18.0. The maximum atomic E-state index is 13.0. The number of anilines is 1. The van der Waals surface area contributed by atoms with Crippen LogP contribution in [-0.4, -0.2) is 60.9 Å². The minimum absolute atomic E-state index is 0.00353. The maximum Gasteiger partial charge on any atom is 0.310 e. The molecule has 0 N–H and O–H groups in total. The molecule has 2 aliphatic carbocycles. The minimum Gasteiger partial charge on any atom is -0.461 e. The number of hydrogen-bond acceptors (Lipinski definition) is 5. The summed E-state index contributed by atoms with van der Waals surface area (Å²) < 4.78 is 12.5. The van der Waals surface area contributed by atoms with Crippen LogP contribution in [0.4, 0.5) is 5.69 Å². The molecule has 0 aromatic heterocycles. The topological polar surface area (TPSA) is 45.3 Å². The molecule has 5 heteroatoms. The number of carbonyl (C=O) groups is 1. The van der Waals surface area contributed by atoms with Crippen LogP contribution in [0.3, 0.4) is 0 Å². The second-order valence-corrected chi connectivity index (χ2v) is 10.2. The summed E-state index contributed by atoms with van der Waals surface area (Å²) >= 11 is 0. The Hall–Kier alpha value is -1.85. The number of carbonyl (C=O) groups excluding carboxylic acids is 1. The lowest BCUT2D eigenvalue weighted by atomic mass is 9.77. The highest BCUT2D eigenvalue weighted by Crippen LogP contribution is 2.67. The lowest BCUT2D eigenvalue weighted by Crippen LogP contribution is -2.49. The van der Waals surface area contributed by atoms with E-state index >= 15 is 0 Å². The second kappa shape index (κ2) is 6.57. The summed E-state index contributed by atoms with van der Waals surface area (Å²) in [5.41, 5.74) is 2.52. The summed E-state index contributed by atoms with van der Waals surface area (Å²) in [6.07, 6.45) is 5.37. The minimum atomic E-state index is -0.104. The molecule has 0 amide bonds. The van der Waals surface area contributed by atoms with Crippen LogP contribution in [0.1, 0.15) is 33.1 Å². The smallest absolute Gasteiger partial charge is 0.310 e. The van der Waals surface area contributed by atoms with Crippen molar-refractivity contribution >= 4 is 11.7 Å². The summed E-state index contributed by atoms with van der Waals surface area (Å²) in [6, 6.07) is 10.6. The van der Waals surface area contributed by atoms with Gasteiger partial charge in [-0.3, -0.25) is 9.69 Å². The number of epoxide rings is 1. The number of hydrogen-bond donors (Lipinski definition) is 0. The molecule has 0 radical (unpaired) electrons. The molecule has 1 spiro atoms. The molecular formula is C25H32N2O3. The largest absolute Gasteiger partial charge is 0.461 e. The SMILES string of the molecule is CC1=CC[C@]23O[C@@]2(C)CC[C@H]2C(CN4CCN(c5ccccc5)CC4)C(=O)O[C@@H]2[C@@H]13. The van der Waals surface area contributed by atoms with Crippen molar-refractivity contribution in [2.45, 2.75) is 50.4 Å². The van der Waals surface area contributed by atoms with Gasteiger partial charge in [-0.15, -0.1) is 0 Å². The highest BCUT2D eigenvalue weighted by Gasteiger charge is 2.75. The fourth-order valence-corrected chi connectivity index (χ4v) is 6.90. The quantitative estimate of drug-likeness (QED) is 0.436. The molecule has 160 valence electrons. The van der Waals surface area contributed by atoms with E-state index in [0.29, 0.717) is 5.92 Å². The van der Waals surface area contributed by atoms with Gasteiger partial charge in [0, 0.05) is 50.2 Å². The Morgan fingerprint density at radius 1 is 1.13 bits per heavy atom. The van der Waals surface area contributed by atoms with E-state index in [1.54, 1.807) is 0 Å². The van der Waals surface area contributed by atoms with Gasteiger partial charge < -0.3 is 14.4 Å². The standard InChI is InChI=1S/C25H32N2O3/c1-17-8-11-25-21(17)22-19(9-10-24(25,2)30-25)20(23(28)29-22)16-26-12-14-27(15-13-26)18-6-4-3-5-7-18/h3-8,19-22H,9-16H2,1-2H3/t19-,20?,21+,22-,24-,25+/m0/s1. The molecule has 6 atom stereocenters. The number of piperazine rings is 1. The van der Waals surface area contributed by atoms with E-state index in [1.165, 1.54) is 11.3 Å². The average molecular weight is 409 g/mol. The average Bonchev–Trinajstić information content (AvgIpc) is 3.07. The summed E-state index contributed by atoms with van der Waals surface area (Å²) in [5.74, 6) is 0.597. The van der Waals surface area contributed by atoms with E-state index in [4.69, 9.17) is 9.47 Å². The van der Waals surface area contributed by atoms with Crippen LogP contribution < -0.4 is 4.90 Å². The molecule has 0 bridgehead atoms. The number of esters is 1. The lowest BCUT2D eigenvalue weighted by molar-refractivity contribution is -0.146. The molecule has 3 saturated heterocycles. The Bertz CT molecular complexity index is 878. The number of ether oxygens (including phenoxy) is 2. The van der Waals surface area contributed by atoms with Crippen molar-refractivity contribution in [1.29, 1.82) is 0 Å². The molecule has 5 nitrogen and oxygen atoms in total. The van der Waals surface area contributed by atoms with E-state index in [0.717, 1.165) is 52.0 Å². The summed E-state index contributed by atoms with van der Waals surface area (Å²) in [7, 11) is 0. The number of rotatable bonds is 3. The van der Waals surface area contributed by atoms with Gasteiger partial charge in [0.15, 0.2) is 0 Å². The number of benzene rings is 1. The van der Waals surface area contributed by atoms with E-state index in [9.17, 15) is 4.79 Å². The summed E-state index contributed by atoms with van der Waals surface area (Å²) in [5, 5.41) is 0. The van der Waals surface area contributed by atoms with Crippen molar-refractivity contribution in [2.24, 2.45) is 17.8 Å². The van der Waals surface area contributed by atoms with Gasteiger partial charge in [-0.1, -0.05) is 29.8 Å². The van der Waals surface area contributed by atoms with Gasteiger partial charge in [-0.2, -0.15) is 0 Å². The first kappa shape index (κ1) is 18.9. The van der Waals surface area contributed by atoms with Crippen LogP contribution in [0.5, 0.6) is 0 Å². The lowest BCUT2D eigenvalue weighted by Gasteiger charge is -2.37. The predicted molar refractivity (Wildman–Crippen MR) is 115 cm³/mol. The Morgan fingerprint density at radius 3 is 2.67 bits per heavy atom. The normalized spacial score (nSPS) is 42.7. The van der Waals surface area contributed by atoms with Gasteiger partial charge in [-0.25, -0.2) is 0 Å². The Balaban J connectivity index is 1.15. The van der Waals surface area contributed by atoms with E-state index in [1.807, 2.05) is 0 Å².